The Morgan fingerprint density at radius 3 is 2.57 bits per heavy atom. The first-order valence-corrected chi connectivity index (χ1v) is 10.5. The summed E-state index contributed by atoms with van der Waals surface area (Å²) in [6.07, 6.45) is 3.80. The molecule has 2 aromatic rings. The zero-order valence-corrected chi connectivity index (χ0v) is 14.6. The average Bonchev–Trinajstić information content (AvgIpc) is 2.78. The van der Waals surface area contributed by atoms with Crippen molar-refractivity contribution in [2.75, 3.05) is 0 Å². The van der Waals surface area contributed by atoms with E-state index >= 15 is 0 Å². The quantitative estimate of drug-likeness (QED) is 0.630. The minimum Gasteiger partial charge on any atom is -0.543 e. The van der Waals surface area contributed by atoms with E-state index in [1.165, 1.54) is 0 Å². The molecule has 5 heteroatoms. The smallest absolute Gasteiger partial charge is 0.242 e. The second kappa shape index (κ2) is 5.85. The van der Waals surface area contributed by atoms with Crippen LogP contribution >= 0.6 is 0 Å². The first kappa shape index (κ1) is 15.5. The van der Waals surface area contributed by atoms with Gasteiger partial charge in [-0.2, -0.15) is 5.10 Å². The van der Waals surface area contributed by atoms with Crippen LogP contribution in [0.5, 0.6) is 5.75 Å². The van der Waals surface area contributed by atoms with Crippen molar-refractivity contribution in [3.05, 3.63) is 41.7 Å². The molecule has 21 heavy (non-hydrogen) atoms. The van der Waals surface area contributed by atoms with E-state index in [4.69, 9.17) is 9.42 Å². The van der Waals surface area contributed by atoms with Gasteiger partial charge in [0.1, 0.15) is 11.4 Å². The maximum Gasteiger partial charge on any atom is 0.242 e. The van der Waals surface area contributed by atoms with Gasteiger partial charge in [-0.25, -0.2) is 4.99 Å². The van der Waals surface area contributed by atoms with Crippen molar-refractivity contribution < 1.29 is 4.43 Å². The van der Waals surface area contributed by atoms with E-state index < -0.39 is 8.32 Å². The van der Waals surface area contributed by atoms with Crippen LogP contribution in [0.3, 0.4) is 0 Å². The number of aryl methyl sites for hydroxylation is 2. The van der Waals surface area contributed by atoms with Crippen molar-refractivity contribution in [1.29, 1.82) is 0 Å². The molecule has 1 aromatic carbocycles. The van der Waals surface area contributed by atoms with Crippen LogP contribution in [0.2, 0.25) is 19.6 Å². The Balaban J connectivity index is 2.43. The molecule has 0 amide bonds. The van der Waals surface area contributed by atoms with Gasteiger partial charge in [-0.05, 0) is 45.1 Å². The third-order valence-corrected chi connectivity index (χ3v) is 3.85. The van der Waals surface area contributed by atoms with Crippen LogP contribution in [0.15, 0.2) is 35.6 Å². The third kappa shape index (κ3) is 4.04. The van der Waals surface area contributed by atoms with Crippen LogP contribution in [0.25, 0.3) is 0 Å². The molecule has 1 aromatic heterocycles. The molecule has 0 bridgehead atoms. The van der Waals surface area contributed by atoms with Gasteiger partial charge in [-0.15, -0.1) is 0 Å². The lowest BCUT2D eigenvalue weighted by Gasteiger charge is -2.21. The number of hydrogen-bond donors (Lipinski definition) is 0. The highest BCUT2D eigenvalue weighted by Crippen LogP contribution is 2.33. The van der Waals surface area contributed by atoms with Gasteiger partial charge < -0.3 is 4.43 Å². The molecule has 112 valence electrons. The van der Waals surface area contributed by atoms with Crippen LogP contribution in [0.1, 0.15) is 18.1 Å². The topological polar surface area (TPSA) is 39.4 Å². The Kier molecular flexibility index (Phi) is 4.32. The number of para-hydroxylation sites is 1. The minimum absolute atomic E-state index is 0.873. The van der Waals surface area contributed by atoms with E-state index in [0.29, 0.717) is 0 Å². The number of hydrogen-bond acceptors (Lipinski definition) is 3. The van der Waals surface area contributed by atoms with Crippen LogP contribution in [0.4, 0.5) is 5.69 Å². The van der Waals surface area contributed by atoms with E-state index in [2.05, 4.69) is 37.7 Å². The highest BCUT2D eigenvalue weighted by atomic mass is 28.4. The van der Waals surface area contributed by atoms with Gasteiger partial charge in [0.05, 0.1) is 6.20 Å². The molecular formula is C16H23N3OSi. The molecule has 2 rings (SSSR count). The predicted octanol–water partition coefficient (Wildman–Crippen LogP) is 4.08. The van der Waals surface area contributed by atoms with Gasteiger partial charge in [0.2, 0.25) is 8.32 Å². The first-order valence-electron chi connectivity index (χ1n) is 7.09. The van der Waals surface area contributed by atoms with Crippen molar-refractivity contribution in [2.24, 2.45) is 12.0 Å². The van der Waals surface area contributed by atoms with E-state index in [0.717, 1.165) is 28.3 Å². The van der Waals surface area contributed by atoms with Gasteiger partial charge in [0.25, 0.3) is 0 Å². The summed E-state index contributed by atoms with van der Waals surface area (Å²) in [5.41, 5.74) is 4.01. The first-order chi connectivity index (χ1) is 9.76. The van der Waals surface area contributed by atoms with Crippen molar-refractivity contribution >= 4 is 19.7 Å². The summed E-state index contributed by atoms with van der Waals surface area (Å²) in [6.45, 7) is 10.6. The second-order valence-electron chi connectivity index (χ2n) is 6.24. The Morgan fingerprint density at radius 2 is 2.00 bits per heavy atom. The molecule has 0 aliphatic heterocycles. The maximum atomic E-state index is 6.17. The third-order valence-electron chi connectivity index (χ3n) is 3.02. The summed E-state index contributed by atoms with van der Waals surface area (Å²) in [6, 6.07) is 6.08. The lowest BCUT2D eigenvalue weighted by molar-refractivity contribution is 0.558. The van der Waals surface area contributed by atoms with Gasteiger partial charge in [0, 0.05) is 24.5 Å². The Hall–Kier alpha value is -1.88. The SMILES string of the molecule is CC(=Nc1c(C)cccc1O[Si](C)(C)C)c1cnn(C)c1. The lowest BCUT2D eigenvalue weighted by Crippen LogP contribution is -2.29. The molecule has 0 aliphatic carbocycles. The number of benzene rings is 1. The molecule has 0 atom stereocenters. The average molecular weight is 301 g/mol. The van der Waals surface area contributed by atoms with Gasteiger partial charge in [0.15, 0.2) is 0 Å². The van der Waals surface area contributed by atoms with E-state index in [1.54, 1.807) is 4.68 Å². The largest absolute Gasteiger partial charge is 0.543 e. The highest BCUT2D eigenvalue weighted by molar-refractivity contribution is 6.70. The Bertz CT molecular complexity index is 668. The molecule has 0 unspecified atom stereocenters. The van der Waals surface area contributed by atoms with Gasteiger partial charge >= 0.3 is 0 Å². The lowest BCUT2D eigenvalue weighted by atomic mass is 10.1. The van der Waals surface area contributed by atoms with Crippen LogP contribution in [0, 0.1) is 6.92 Å². The summed E-state index contributed by atoms with van der Waals surface area (Å²) in [7, 11) is 0.243. The van der Waals surface area contributed by atoms with E-state index in [-0.39, 0.29) is 0 Å². The van der Waals surface area contributed by atoms with Crippen molar-refractivity contribution in [2.45, 2.75) is 33.5 Å². The molecule has 0 saturated heterocycles. The Labute approximate surface area is 127 Å². The fourth-order valence-corrected chi connectivity index (χ4v) is 2.85. The minimum atomic E-state index is -1.66. The summed E-state index contributed by atoms with van der Waals surface area (Å²) >= 11 is 0. The molecule has 0 radical (unpaired) electrons. The number of aromatic nitrogens is 2. The summed E-state index contributed by atoms with van der Waals surface area (Å²) in [5.74, 6) is 0.873. The highest BCUT2D eigenvalue weighted by Gasteiger charge is 2.19. The normalized spacial score (nSPS) is 12.6. The van der Waals surface area contributed by atoms with Crippen molar-refractivity contribution in [3.63, 3.8) is 0 Å². The summed E-state index contributed by atoms with van der Waals surface area (Å²) in [4.78, 5) is 4.79. The van der Waals surface area contributed by atoms with Gasteiger partial charge in [-0.1, -0.05) is 12.1 Å². The van der Waals surface area contributed by atoms with Crippen molar-refractivity contribution in [1.82, 2.24) is 9.78 Å². The molecular weight excluding hydrogens is 278 g/mol. The molecule has 0 aliphatic rings. The number of nitrogens with zero attached hydrogens (tertiary/aromatic N) is 3. The monoisotopic (exact) mass is 301 g/mol. The zero-order chi connectivity index (χ0) is 15.6. The summed E-state index contributed by atoms with van der Waals surface area (Å²) < 4.78 is 7.95. The number of rotatable bonds is 4. The molecule has 0 fully saturated rings. The molecule has 0 spiro atoms. The Morgan fingerprint density at radius 1 is 1.29 bits per heavy atom. The fourth-order valence-electron chi connectivity index (χ4n) is 2.03. The predicted molar refractivity (Wildman–Crippen MR) is 90.2 cm³/mol. The zero-order valence-electron chi connectivity index (χ0n) is 13.6. The maximum absolute atomic E-state index is 6.17. The standard InChI is InChI=1S/C16H23N3OSi/c1-12-8-7-9-15(20-21(4,5)6)16(12)18-13(2)14-10-17-19(3)11-14/h7-11H,1-6H3. The molecule has 1 heterocycles. The van der Waals surface area contributed by atoms with E-state index in [1.807, 2.05) is 38.5 Å². The molecule has 4 nitrogen and oxygen atoms in total. The van der Waals surface area contributed by atoms with Crippen molar-refractivity contribution in [3.8, 4) is 5.75 Å². The summed E-state index contributed by atoms with van der Waals surface area (Å²) in [5, 5.41) is 4.20. The molecule has 0 saturated carbocycles. The second-order valence-corrected chi connectivity index (χ2v) is 10.7. The molecule has 0 N–H and O–H groups in total. The van der Waals surface area contributed by atoms with Gasteiger partial charge in [-0.3, -0.25) is 4.68 Å². The van der Waals surface area contributed by atoms with E-state index in [9.17, 15) is 0 Å². The fraction of sp³-hybridized carbons (Fsp3) is 0.375. The van der Waals surface area contributed by atoms with Crippen LogP contribution in [-0.2, 0) is 7.05 Å². The van der Waals surface area contributed by atoms with Crippen LogP contribution < -0.4 is 4.43 Å². The van der Waals surface area contributed by atoms with Crippen LogP contribution in [-0.4, -0.2) is 23.8 Å². The number of aliphatic imine (C=N–C) groups is 1.